The Morgan fingerprint density at radius 2 is 2.00 bits per heavy atom. The van der Waals surface area contributed by atoms with Gasteiger partial charge in [-0.2, -0.15) is 0 Å². The zero-order valence-electron chi connectivity index (χ0n) is 15.6. The van der Waals surface area contributed by atoms with Crippen LogP contribution in [0.5, 0.6) is 0 Å². The molecule has 0 bridgehead atoms. The summed E-state index contributed by atoms with van der Waals surface area (Å²) in [6, 6.07) is 0.500. The highest BCUT2D eigenvalue weighted by atomic mass is 19.3. The highest BCUT2D eigenvalue weighted by Gasteiger charge is 2.51. The van der Waals surface area contributed by atoms with Crippen molar-refractivity contribution in [2.24, 2.45) is 0 Å². The number of likely N-dealkylation sites (tertiary alicyclic amines) is 1. The first-order chi connectivity index (χ1) is 12.9. The van der Waals surface area contributed by atoms with Crippen molar-refractivity contribution in [3.8, 4) is 0 Å². The number of rotatable bonds is 5. The quantitative estimate of drug-likeness (QED) is 0.746. The van der Waals surface area contributed by atoms with Crippen LogP contribution >= 0.6 is 0 Å². The first-order valence-electron chi connectivity index (χ1n) is 10.3. The first kappa shape index (κ1) is 19.5. The van der Waals surface area contributed by atoms with Crippen molar-refractivity contribution in [2.45, 2.75) is 93.9 Å². The molecule has 5 unspecified atom stereocenters. The minimum atomic E-state index is -2.78. The van der Waals surface area contributed by atoms with Crippen LogP contribution in [-0.4, -0.2) is 78.0 Å². The lowest BCUT2D eigenvalue weighted by molar-refractivity contribution is -0.135. The summed E-state index contributed by atoms with van der Waals surface area (Å²) in [4.78, 5) is 13.4. The van der Waals surface area contributed by atoms with Crippen LogP contribution in [0.3, 0.4) is 0 Å². The summed E-state index contributed by atoms with van der Waals surface area (Å²) in [5.41, 5.74) is 0. The van der Waals surface area contributed by atoms with E-state index in [2.05, 4.69) is 5.32 Å². The van der Waals surface area contributed by atoms with Gasteiger partial charge < -0.3 is 24.8 Å². The van der Waals surface area contributed by atoms with Gasteiger partial charge in [0.1, 0.15) is 12.2 Å². The largest absolute Gasteiger partial charge is 0.388 e. The van der Waals surface area contributed by atoms with Gasteiger partial charge in [0.05, 0.1) is 31.3 Å². The van der Waals surface area contributed by atoms with Crippen molar-refractivity contribution in [3.05, 3.63) is 0 Å². The van der Waals surface area contributed by atoms with Crippen LogP contribution in [0.15, 0.2) is 0 Å². The molecule has 3 saturated heterocycles. The van der Waals surface area contributed by atoms with Crippen LogP contribution < -0.4 is 5.32 Å². The second-order valence-corrected chi connectivity index (χ2v) is 8.53. The number of aliphatic hydroxyl groups excluding tert-OH is 1. The van der Waals surface area contributed by atoms with Crippen molar-refractivity contribution < 1.29 is 28.2 Å². The van der Waals surface area contributed by atoms with Crippen molar-refractivity contribution in [2.75, 3.05) is 19.6 Å². The second kappa shape index (κ2) is 7.89. The third-order valence-electron chi connectivity index (χ3n) is 6.42. The molecular weight excluding hydrogens is 358 g/mol. The van der Waals surface area contributed by atoms with Crippen LogP contribution in [0.2, 0.25) is 0 Å². The lowest BCUT2D eigenvalue weighted by Gasteiger charge is -2.26. The average molecular weight is 388 g/mol. The Bertz CT molecular complexity index is 544. The van der Waals surface area contributed by atoms with Crippen LogP contribution in [0.25, 0.3) is 0 Å². The molecule has 6 nitrogen and oxygen atoms in total. The number of carbonyl (C=O) groups is 1. The summed E-state index contributed by atoms with van der Waals surface area (Å²) < 4.78 is 38.4. The number of ether oxygens (including phenoxy) is 2. The van der Waals surface area contributed by atoms with Gasteiger partial charge in [-0.1, -0.05) is 19.3 Å². The normalized spacial score (nSPS) is 39.1. The second-order valence-electron chi connectivity index (χ2n) is 8.53. The Morgan fingerprint density at radius 3 is 2.67 bits per heavy atom. The maximum Gasteiger partial charge on any atom is 0.267 e. The van der Waals surface area contributed by atoms with Gasteiger partial charge in [0.2, 0.25) is 5.91 Å². The van der Waals surface area contributed by atoms with E-state index in [4.69, 9.17) is 9.47 Å². The van der Waals surface area contributed by atoms with Crippen molar-refractivity contribution in [1.29, 1.82) is 0 Å². The molecular formula is C19H30F2N2O4. The van der Waals surface area contributed by atoms with Gasteiger partial charge in [-0.3, -0.25) is 4.79 Å². The lowest BCUT2D eigenvalue weighted by atomic mass is 9.95. The summed E-state index contributed by atoms with van der Waals surface area (Å²) in [5, 5.41) is 14.0. The standard InChI is InChI=1S/C19H30F2N2O4/c20-19(21)6-7-23(11-19)16(24)9-13-8-14-18(26-13)17(25)15(27-14)10-22-12-4-2-1-3-5-12/h12-15,17-18,22,25H,1-11H2. The summed E-state index contributed by atoms with van der Waals surface area (Å²) in [6.45, 7) is 0.202. The van der Waals surface area contributed by atoms with E-state index < -0.39 is 24.7 Å². The minimum absolute atomic E-state index is 0.0736. The number of nitrogens with one attached hydrogen (secondary N) is 1. The van der Waals surface area contributed by atoms with Crippen LogP contribution in [0.4, 0.5) is 8.78 Å². The van der Waals surface area contributed by atoms with Gasteiger partial charge in [-0.15, -0.1) is 0 Å². The maximum absolute atomic E-state index is 13.3. The average Bonchev–Trinajstić information content (AvgIpc) is 3.28. The zero-order chi connectivity index (χ0) is 19.0. The number of hydrogen-bond donors (Lipinski definition) is 2. The SMILES string of the molecule is O=C(CC1CC2OC(CNC3CCCCC3)C(O)C2O1)N1CCC(F)(F)C1. The molecule has 0 aromatic rings. The summed E-state index contributed by atoms with van der Waals surface area (Å²) in [6.07, 6.45) is 4.43. The maximum atomic E-state index is 13.3. The topological polar surface area (TPSA) is 71.0 Å². The minimum Gasteiger partial charge on any atom is -0.388 e. The molecule has 3 aliphatic heterocycles. The molecule has 154 valence electrons. The molecule has 0 aromatic carbocycles. The Kier molecular flexibility index (Phi) is 5.69. The number of aliphatic hydroxyl groups is 1. The predicted molar refractivity (Wildman–Crippen MR) is 93.6 cm³/mol. The fourth-order valence-electron chi connectivity index (χ4n) is 4.87. The van der Waals surface area contributed by atoms with Gasteiger partial charge in [0, 0.05) is 32.0 Å². The highest BCUT2D eigenvalue weighted by Crippen LogP contribution is 2.36. The van der Waals surface area contributed by atoms with Crippen molar-refractivity contribution >= 4 is 5.91 Å². The molecule has 1 saturated carbocycles. The van der Waals surface area contributed by atoms with E-state index in [0.29, 0.717) is 19.0 Å². The first-order valence-corrected chi connectivity index (χ1v) is 10.3. The molecule has 5 atom stereocenters. The van der Waals surface area contributed by atoms with E-state index in [1.165, 1.54) is 37.0 Å². The fraction of sp³-hybridized carbons (Fsp3) is 0.947. The van der Waals surface area contributed by atoms with Crippen LogP contribution in [0, 0.1) is 0 Å². The van der Waals surface area contributed by atoms with E-state index in [-0.39, 0.29) is 43.6 Å². The molecule has 8 heteroatoms. The Morgan fingerprint density at radius 1 is 1.22 bits per heavy atom. The Hall–Kier alpha value is -0.830. The highest BCUT2D eigenvalue weighted by molar-refractivity contribution is 5.77. The predicted octanol–water partition coefficient (Wildman–Crippen LogP) is 1.45. The van der Waals surface area contributed by atoms with Gasteiger partial charge in [0.25, 0.3) is 5.92 Å². The smallest absolute Gasteiger partial charge is 0.267 e. The number of fused-ring (bicyclic) bond motifs is 1. The molecule has 4 fully saturated rings. The van der Waals surface area contributed by atoms with Crippen molar-refractivity contribution in [1.82, 2.24) is 10.2 Å². The molecule has 4 aliphatic rings. The van der Waals surface area contributed by atoms with E-state index in [9.17, 15) is 18.7 Å². The zero-order valence-corrected chi connectivity index (χ0v) is 15.6. The Labute approximate surface area is 158 Å². The van der Waals surface area contributed by atoms with E-state index in [1.54, 1.807) is 0 Å². The number of hydrogen-bond acceptors (Lipinski definition) is 5. The molecule has 0 spiro atoms. The van der Waals surface area contributed by atoms with Crippen molar-refractivity contribution in [3.63, 3.8) is 0 Å². The summed E-state index contributed by atoms with van der Waals surface area (Å²) in [7, 11) is 0. The number of carbonyl (C=O) groups excluding carboxylic acids is 1. The molecule has 1 amide bonds. The fourth-order valence-corrected chi connectivity index (χ4v) is 4.87. The number of halogens is 2. The molecule has 2 N–H and O–H groups in total. The van der Waals surface area contributed by atoms with Gasteiger partial charge >= 0.3 is 0 Å². The van der Waals surface area contributed by atoms with Gasteiger partial charge in [-0.25, -0.2) is 8.78 Å². The third kappa shape index (κ3) is 4.44. The monoisotopic (exact) mass is 388 g/mol. The molecule has 3 heterocycles. The van der Waals surface area contributed by atoms with Gasteiger partial charge in [-0.05, 0) is 12.8 Å². The van der Waals surface area contributed by atoms with Crippen LogP contribution in [-0.2, 0) is 14.3 Å². The number of amides is 1. The lowest BCUT2D eigenvalue weighted by Crippen LogP contribution is -2.43. The van der Waals surface area contributed by atoms with E-state index in [0.717, 1.165) is 0 Å². The molecule has 0 aromatic heterocycles. The number of nitrogens with zero attached hydrogens (tertiary/aromatic N) is 1. The van der Waals surface area contributed by atoms with Gasteiger partial charge in [0.15, 0.2) is 0 Å². The van der Waals surface area contributed by atoms with E-state index in [1.807, 2.05) is 0 Å². The summed E-state index contributed by atoms with van der Waals surface area (Å²) >= 11 is 0. The number of alkyl halides is 2. The summed E-state index contributed by atoms with van der Waals surface area (Å²) in [5.74, 6) is -3.08. The molecule has 0 radical (unpaired) electrons. The molecule has 1 aliphatic carbocycles. The third-order valence-corrected chi connectivity index (χ3v) is 6.42. The van der Waals surface area contributed by atoms with Crippen LogP contribution in [0.1, 0.15) is 51.4 Å². The molecule has 4 rings (SSSR count). The van der Waals surface area contributed by atoms with E-state index >= 15 is 0 Å². The molecule has 27 heavy (non-hydrogen) atoms. The Balaban J connectivity index is 1.22.